The van der Waals surface area contributed by atoms with Crippen LogP contribution in [-0.2, 0) is 14.6 Å². The topological polar surface area (TPSA) is 87.0 Å². The fourth-order valence-electron chi connectivity index (χ4n) is 0.351. The van der Waals surface area contributed by atoms with Crippen molar-refractivity contribution >= 4 is 15.7 Å². The van der Waals surface area contributed by atoms with Crippen molar-refractivity contribution in [2.45, 2.75) is 12.2 Å². The van der Waals surface area contributed by atoms with Crippen LogP contribution in [0.5, 0.6) is 0 Å². The lowest BCUT2D eigenvalue weighted by atomic mass is 10.4. The number of hydrogen-bond acceptors (Lipinski definition) is 4. The number of rotatable bonds is 2. The first-order valence-electron chi connectivity index (χ1n) is 2.77. The molecule has 1 amide bonds. The Morgan fingerprint density at radius 2 is 2.09 bits per heavy atom. The molecule has 0 aromatic heterocycles. The summed E-state index contributed by atoms with van der Waals surface area (Å²) >= 11 is 0. The van der Waals surface area contributed by atoms with Crippen LogP contribution in [0.2, 0.25) is 0 Å². The Balaban J connectivity index is 4.42. The van der Waals surface area contributed by atoms with Crippen LogP contribution in [0, 0.1) is 11.5 Å². The molecular weight excluding hydrogens is 168 g/mol. The number of hydrogen-bond donors (Lipinski definition) is 1. The van der Waals surface area contributed by atoms with Gasteiger partial charge in [0.2, 0.25) is 0 Å². The Bertz CT molecular complexity index is 287. The van der Waals surface area contributed by atoms with Gasteiger partial charge in [0.1, 0.15) is 5.25 Å². The zero-order valence-electron chi connectivity index (χ0n) is 6.16. The van der Waals surface area contributed by atoms with E-state index < -0.39 is 21.0 Å². The van der Waals surface area contributed by atoms with Crippen molar-refractivity contribution in [2.75, 3.05) is 6.26 Å². The molecule has 11 heavy (non-hydrogen) atoms. The fourth-order valence-corrected chi connectivity index (χ4v) is 0.799. The van der Waals surface area contributed by atoms with E-state index in [2.05, 4.69) is 0 Å². The Hall–Kier alpha value is -1.09. The summed E-state index contributed by atoms with van der Waals surface area (Å²) in [7, 11) is -3.39. The van der Waals surface area contributed by atoms with E-state index in [0.29, 0.717) is 0 Å². The van der Waals surface area contributed by atoms with Crippen LogP contribution < -0.4 is 5.32 Å². The highest BCUT2D eigenvalue weighted by Gasteiger charge is 2.22. The second-order valence-corrected chi connectivity index (χ2v) is 4.44. The fraction of sp³-hybridized carbons (Fsp3) is 0.600. The predicted octanol–water partition coefficient (Wildman–Crippen LogP) is -0.983. The van der Waals surface area contributed by atoms with Crippen LogP contribution in [0.25, 0.3) is 0 Å². The second-order valence-electron chi connectivity index (χ2n) is 2.07. The van der Waals surface area contributed by atoms with Gasteiger partial charge in [0, 0.05) is 6.26 Å². The van der Waals surface area contributed by atoms with Gasteiger partial charge in [-0.05, 0) is 6.92 Å². The maximum atomic E-state index is 10.7. The van der Waals surface area contributed by atoms with Crippen LogP contribution in [-0.4, -0.2) is 25.8 Å². The molecule has 0 heterocycles. The molecule has 62 valence electrons. The number of nitrogens with zero attached hydrogens (tertiary/aromatic N) is 1. The summed E-state index contributed by atoms with van der Waals surface area (Å²) in [4.78, 5) is 10.7. The third kappa shape index (κ3) is 3.00. The van der Waals surface area contributed by atoms with Crippen molar-refractivity contribution in [3.8, 4) is 6.19 Å². The number of sulfone groups is 1. The molecule has 0 bridgehead atoms. The summed E-state index contributed by atoms with van der Waals surface area (Å²) < 4.78 is 21.4. The van der Waals surface area contributed by atoms with E-state index in [4.69, 9.17) is 5.26 Å². The lowest BCUT2D eigenvalue weighted by Crippen LogP contribution is -2.34. The van der Waals surface area contributed by atoms with Crippen molar-refractivity contribution in [3.63, 3.8) is 0 Å². The van der Waals surface area contributed by atoms with Crippen molar-refractivity contribution < 1.29 is 13.2 Å². The lowest BCUT2D eigenvalue weighted by Gasteiger charge is -2.04. The molecule has 0 spiro atoms. The molecule has 0 aliphatic heterocycles. The molecule has 1 unspecified atom stereocenters. The zero-order valence-corrected chi connectivity index (χ0v) is 6.97. The molecule has 0 saturated heterocycles. The molecule has 0 aromatic carbocycles. The van der Waals surface area contributed by atoms with Crippen LogP contribution in [0.4, 0.5) is 0 Å². The minimum absolute atomic E-state index is 0.796. The first kappa shape index (κ1) is 9.91. The van der Waals surface area contributed by atoms with Gasteiger partial charge in [-0.1, -0.05) is 0 Å². The standard InChI is InChI=1S/C5H8N2O3S/c1-4(11(2,9)10)5(8)7-3-6/h4H,1-2H3,(H,7,8). The summed E-state index contributed by atoms with van der Waals surface area (Å²) in [5, 5.41) is 8.55. The van der Waals surface area contributed by atoms with Gasteiger partial charge in [0.25, 0.3) is 5.91 Å². The van der Waals surface area contributed by atoms with Gasteiger partial charge < -0.3 is 0 Å². The Labute approximate surface area is 64.9 Å². The monoisotopic (exact) mass is 176 g/mol. The van der Waals surface area contributed by atoms with Gasteiger partial charge >= 0.3 is 0 Å². The maximum Gasteiger partial charge on any atom is 0.251 e. The highest BCUT2D eigenvalue weighted by molar-refractivity contribution is 7.92. The molecule has 0 saturated carbocycles. The molecule has 0 aliphatic carbocycles. The summed E-state index contributed by atoms with van der Waals surface area (Å²) in [6, 6.07) is 0. The van der Waals surface area contributed by atoms with Gasteiger partial charge in [-0.3, -0.25) is 10.1 Å². The largest absolute Gasteiger partial charge is 0.273 e. The van der Waals surface area contributed by atoms with E-state index in [-0.39, 0.29) is 0 Å². The number of carbonyl (C=O) groups is 1. The second kappa shape index (κ2) is 3.34. The van der Waals surface area contributed by atoms with Gasteiger partial charge in [0.15, 0.2) is 16.0 Å². The normalized spacial score (nSPS) is 13.2. The third-order valence-electron chi connectivity index (χ3n) is 1.19. The molecule has 0 radical (unpaired) electrons. The van der Waals surface area contributed by atoms with Crippen molar-refractivity contribution in [1.29, 1.82) is 5.26 Å². The van der Waals surface area contributed by atoms with Crippen molar-refractivity contribution in [2.24, 2.45) is 0 Å². The summed E-state index contributed by atoms with van der Waals surface area (Å²) in [6.45, 7) is 1.22. The van der Waals surface area contributed by atoms with Crippen molar-refractivity contribution in [3.05, 3.63) is 0 Å². The molecule has 5 nitrogen and oxygen atoms in total. The van der Waals surface area contributed by atoms with E-state index in [0.717, 1.165) is 6.26 Å². The molecule has 1 N–H and O–H groups in total. The number of carbonyl (C=O) groups excluding carboxylic acids is 1. The van der Waals surface area contributed by atoms with Gasteiger partial charge in [0.05, 0.1) is 0 Å². The third-order valence-corrected chi connectivity index (χ3v) is 2.69. The Kier molecular flexibility index (Phi) is 3.01. The van der Waals surface area contributed by atoms with E-state index >= 15 is 0 Å². The summed E-state index contributed by atoms with van der Waals surface area (Å²) in [6.07, 6.45) is 2.30. The van der Waals surface area contributed by atoms with Crippen LogP contribution in [0.3, 0.4) is 0 Å². The molecule has 6 heteroatoms. The van der Waals surface area contributed by atoms with Gasteiger partial charge in [-0.2, -0.15) is 5.26 Å². The van der Waals surface area contributed by atoms with Crippen LogP contribution >= 0.6 is 0 Å². The van der Waals surface area contributed by atoms with E-state index in [1.807, 2.05) is 0 Å². The van der Waals surface area contributed by atoms with Gasteiger partial charge in [-0.15, -0.1) is 0 Å². The van der Waals surface area contributed by atoms with Crippen molar-refractivity contribution in [1.82, 2.24) is 5.32 Å². The molecule has 0 aliphatic rings. The molecule has 1 atom stereocenters. The molecule has 0 fully saturated rings. The average molecular weight is 176 g/mol. The van der Waals surface area contributed by atoms with Gasteiger partial charge in [-0.25, -0.2) is 8.42 Å². The lowest BCUT2D eigenvalue weighted by molar-refractivity contribution is -0.119. The summed E-state index contributed by atoms with van der Waals surface area (Å²) in [5.41, 5.74) is 0. The first-order chi connectivity index (χ1) is 4.89. The van der Waals surface area contributed by atoms with E-state index in [9.17, 15) is 13.2 Å². The quantitative estimate of drug-likeness (QED) is 0.432. The zero-order chi connectivity index (χ0) is 9.07. The molecule has 0 aromatic rings. The van der Waals surface area contributed by atoms with Crippen LogP contribution in [0.1, 0.15) is 6.92 Å². The average Bonchev–Trinajstić information content (AvgIpc) is 1.85. The number of nitriles is 1. The Morgan fingerprint density at radius 3 is 2.36 bits per heavy atom. The van der Waals surface area contributed by atoms with E-state index in [1.54, 1.807) is 5.32 Å². The first-order valence-corrected chi connectivity index (χ1v) is 4.73. The smallest absolute Gasteiger partial charge is 0.251 e. The minimum atomic E-state index is -3.39. The Morgan fingerprint density at radius 1 is 1.64 bits per heavy atom. The maximum absolute atomic E-state index is 10.7. The van der Waals surface area contributed by atoms with Crippen LogP contribution in [0.15, 0.2) is 0 Å². The number of nitrogens with one attached hydrogen (secondary N) is 1. The highest BCUT2D eigenvalue weighted by atomic mass is 32.2. The predicted molar refractivity (Wildman–Crippen MR) is 38.1 cm³/mol. The SMILES string of the molecule is CC(C(=O)NC#N)S(C)(=O)=O. The highest BCUT2D eigenvalue weighted by Crippen LogP contribution is 1.96. The minimum Gasteiger partial charge on any atom is -0.273 e. The summed E-state index contributed by atoms with van der Waals surface area (Å²) in [5.74, 6) is -0.796. The molecule has 0 rings (SSSR count). The van der Waals surface area contributed by atoms with E-state index in [1.165, 1.54) is 13.1 Å². The molecular formula is C5H8N2O3S. The number of amides is 1.